The zero-order chi connectivity index (χ0) is 13.3. The highest BCUT2D eigenvalue weighted by molar-refractivity contribution is 5.98. The van der Waals surface area contributed by atoms with E-state index < -0.39 is 0 Å². The molecule has 1 amide bonds. The summed E-state index contributed by atoms with van der Waals surface area (Å²) in [5.41, 5.74) is 6.06. The predicted molar refractivity (Wildman–Crippen MR) is 70.5 cm³/mol. The van der Waals surface area contributed by atoms with E-state index in [9.17, 15) is 4.79 Å². The van der Waals surface area contributed by atoms with E-state index in [1.807, 2.05) is 6.07 Å². The molecule has 0 aromatic heterocycles. The molecule has 0 bridgehead atoms. The highest BCUT2D eigenvalue weighted by Gasteiger charge is 2.37. The number of para-hydroxylation sites is 1. The van der Waals surface area contributed by atoms with Gasteiger partial charge in [-0.1, -0.05) is 6.07 Å². The van der Waals surface area contributed by atoms with Gasteiger partial charge < -0.3 is 20.5 Å². The standard InChI is InChI=1S/C14H18N2O3/c15-9-14(5-2-6-14)16-13(17)10-3-1-4-11-12(10)19-8-7-18-11/h1,3-4H,2,5-9,15H2,(H,16,17). The Morgan fingerprint density at radius 3 is 2.79 bits per heavy atom. The van der Waals surface area contributed by atoms with Crippen LogP contribution >= 0.6 is 0 Å². The summed E-state index contributed by atoms with van der Waals surface area (Å²) < 4.78 is 11.0. The van der Waals surface area contributed by atoms with Gasteiger partial charge in [-0.15, -0.1) is 0 Å². The first kappa shape index (κ1) is 12.3. The van der Waals surface area contributed by atoms with Gasteiger partial charge in [0.05, 0.1) is 11.1 Å². The van der Waals surface area contributed by atoms with Gasteiger partial charge in [-0.25, -0.2) is 0 Å². The van der Waals surface area contributed by atoms with E-state index >= 15 is 0 Å². The largest absolute Gasteiger partial charge is 0.486 e. The minimum absolute atomic E-state index is 0.132. The molecule has 1 aliphatic carbocycles. The van der Waals surface area contributed by atoms with E-state index in [-0.39, 0.29) is 11.4 Å². The van der Waals surface area contributed by atoms with Gasteiger partial charge in [0.15, 0.2) is 11.5 Å². The number of hydrogen-bond acceptors (Lipinski definition) is 4. The van der Waals surface area contributed by atoms with Crippen LogP contribution in [0.4, 0.5) is 0 Å². The number of ether oxygens (including phenoxy) is 2. The number of nitrogens with two attached hydrogens (primary N) is 1. The Morgan fingerprint density at radius 1 is 1.32 bits per heavy atom. The lowest BCUT2D eigenvalue weighted by atomic mass is 9.76. The zero-order valence-corrected chi connectivity index (χ0v) is 10.8. The van der Waals surface area contributed by atoms with Gasteiger partial charge in [-0.05, 0) is 31.4 Å². The molecule has 3 rings (SSSR count). The summed E-state index contributed by atoms with van der Waals surface area (Å²) in [5, 5.41) is 3.05. The molecule has 19 heavy (non-hydrogen) atoms. The summed E-state index contributed by atoms with van der Waals surface area (Å²) >= 11 is 0. The van der Waals surface area contributed by atoms with Crippen LogP contribution in [0.2, 0.25) is 0 Å². The van der Waals surface area contributed by atoms with Crippen molar-refractivity contribution in [3.63, 3.8) is 0 Å². The molecule has 1 heterocycles. The number of benzene rings is 1. The monoisotopic (exact) mass is 262 g/mol. The van der Waals surface area contributed by atoms with Crippen molar-refractivity contribution in [2.24, 2.45) is 5.73 Å². The molecule has 1 aromatic carbocycles. The normalized spacial score (nSPS) is 19.4. The Kier molecular flexibility index (Phi) is 3.06. The van der Waals surface area contributed by atoms with Gasteiger partial charge in [0.2, 0.25) is 0 Å². The maximum absolute atomic E-state index is 12.4. The van der Waals surface area contributed by atoms with Crippen LogP contribution in [-0.2, 0) is 0 Å². The number of fused-ring (bicyclic) bond motifs is 1. The third-order valence-corrected chi connectivity index (χ3v) is 3.89. The molecular weight excluding hydrogens is 244 g/mol. The molecule has 102 valence electrons. The second-order valence-electron chi connectivity index (χ2n) is 5.12. The van der Waals surface area contributed by atoms with E-state index in [0.29, 0.717) is 36.8 Å². The van der Waals surface area contributed by atoms with Crippen molar-refractivity contribution in [3.8, 4) is 11.5 Å². The summed E-state index contributed by atoms with van der Waals surface area (Å²) in [5.74, 6) is 1.04. The van der Waals surface area contributed by atoms with Crippen molar-refractivity contribution < 1.29 is 14.3 Å². The highest BCUT2D eigenvalue weighted by Crippen LogP contribution is 2.35. The highest BCUT2D eigenvalue weighted by atomic mass is 16.6. The van der Waals surface area contributed by atoms with Crippen molar-refractivity contribution in [3.05, 3.63) is 23.8 Å². The molecule has 1 aromatic rings. The van der Waals surface area contributed by atoms with Gasteiger partial charge in [0, 0.05) is 6.54 Å². The van der Waals surface area contributed by atoms with E-state index in [4.69, 9.17) is 15.2 Å². The molecule has 5 nitrogen and oxygen atoms in total. The lowest BCUT2D eigenvalue weighted by Crippen LogP contribution is -2.58. The fourth-order valence-corrected chi connectivity index (χ4v) is 2.54. The van der Waals surface area contributed by atoms with E-state index in [0.717, 1.165) is 19.3 Å². The quantitative estimate of drug-likeness (QED) is 0.854. The Balaban J connectivity index is 1.84. The van der Waals surface area contributed by atoms with E-state index in [1.54, 1.807) is 12.1 Å². The minimum atomic E-state index is -0.227. The second-order valence-corrected chi connectivity index (χ2v) is 5.12. The number of amides is 1. The molecule has 0 radical (unpaired) electrons. The zero-order valence-electron chi connectivity index (χ0n) is 10.8. The number of rotatable bonds is 3. The summed E-state index contributed by atoms with van der Waals surface area (Å²) in [6, 6.07) is 5.37. The van der Waals surface area contributed by atoms with Crippen LogP contribution < -0.4 is 20.5 Å². The molecule has 3 N–H and O–H groups in total. The van der Waals surface area contributed by atoms with Crippen molar-refractivity contribution >= 4 is 5.91 Å². The Bertz CT molecular complexity index is 492. The molecule has 1 aliphatic heterocycles. The number of nitrogens with one attached hydrogen (secondary N) is 1. The first-order valence-electron chi connectivity index (χ1n) is 6.65. The summed E-state index contributed by atoms with van der Waals surface area (Å²) in [4.78, 5) is 12.4. The molecule has 0 spiro atoms. The maximum Gasteiger partial charge on any atom is 0.255 e. The van der Waals surface area contributed by atoms with Crippen molar-refractivity contribution in [2.45, 2.75) is 24.8 Å². The van der Waals surface area contributed by atoms with Crippen LogP contribution in [0.1, 0.15) is 29.6 Å². The fraction of sp³-hybridized carbons (Fsp3) is 0.500. The van der Waals surface area contributed by atoms with Gasteiger partial charge in [-0.2, -0.15) is 0 Å². The first-order chi connectivity index (χ1) is 9.24. The van der Waals surface area contributed by atoms with Crippen LogP contribution in [0.15, 0.2) is 18.2 Å². The van der Waals surface area contributed by atoms with Gasteiger partial charge in [0.1, 0.15) is 13.2 Å². The van der Waals surface area contributed by atoms with Gasteiger partial charge >= 0.3 is 0 Å². The molecule has 0 saturated heterocycles. The second kappa shape index (κ2) is 4.74. The molecule has 0 atom stereocenters. The Morgan fingerprint density at radius 2 is 2.11 bits per heavy atom. The third kappa shape index (κ3) is 2.14. The van der Waals surface area contributed by atoms with Crippen LogP contribution in [-0.4, -0.2) is 31.2 Å². The summed E-state index contributed by atoms with van der Waals surface area (Å²) in [6.45, 7) is 1.47. The number of hydrogen-bond donors (Lipinski definition) is 2. The summed E-state index contributed by atoms with van der Waals surface area (Å²) in [6.07, 6.45) is 3.01. The molecule has 0 unspecified atom stereocenters. The van der Waals surface area contributed by atoms with Crippen LogP contribution in [0.5, 0.6) is 11.5 Å². The smallest absolute Gasteiger partial charge is 0.255 e. The van der Waals surface area contributed by atoms with Gasteiger partial charge in [0.25, 0.3) is 5.91 Å². The van der Waals surface area contributed by atoms with Crippen molar-refractivity contribution in [2.75, 3.05) is 19.8 Å². The number of carbonyl (C=O) groups excluding carboxylic acids is 1. The van der Waals surface area contributed by atoms with Crippen molar-refractivity contribution in [1.29, 1.82) is 0 Å². The molecular formula is C14H18N2O3. The lowest BCUT2D eigenvalue weighted by Gasteiger charge is -2.41. The molecule has 1 saturated carbocycles. The average Bonchev–Trinajstić information content (AvgIpc) is 2.42. The van der Waals surface area contributed by atoms with E-state index in [2.05, 4.69) is 5.32 Å². The Labute approximate surface area is 112 Å². The lowest BCUT2D eigenvalue weighted by molar-refractivity contribution is 0.0827. The van der Waals surface area contributed by atoms with Crippen LogP contribution in [0.3, 0.4) is 0 Å². The van der Waals surface area contributed by atoms with Crippen LogP contribution in [0.25, 0.3) is 0 Å². The van der Waals surface area contributed by atoms with E-state index in [1.165, 1.54) is 0 Å². The summed E-state index contributed by atoms with van der Waals surface area (Å²) in [7, 11) is 0. The maximum atomic E-state index is 12.4. The topological polar surface area (TPSA) is 73.6 Å². The Hall–Kier alpha value is -1.75. The van der Waals surface area contributed by atoms with Crippen LogP contribution in [0, 0.1) is 0 Å². The molecule has 1 fully saturated rings. The van der Waals surface area contributed by atoms with Crippen molar-refractivity contribution in [1.82, 2.24) is 5.32 Å². The predicted octanol–water partition coefficient (Wildman–Crippen LogP) is 1.07. The third-order valence-electron chi connectivity index (χ3n) is 3.89. The average molecular weight is 262 g/mol. The fourth-order valence-electron chi connectivity index (χ4n) is 2.54. The number of carbonyl (C=O) groups is 1. The SMILES string of the molecule is NCC1(NC(=O)c2cccc3c2OCCO3)CCC1. The minimum Gasteiger partial charge on any atom is -0.486 e. The molecule has 2 aliphatic rings. The first-order valence-corrected chi connectivity index (χ1v) is 6.65. The van der Waals surface area contributed by atoms with Gasteiger partial charge in [-0.3, -0.25) is 4.79 Å². The molecule has 5 heteroatoms.